The normalized spacial score (nSPS) is 19.1. The molecule has 2 aromatic carbocycles. The number of carbonyl (C=O) groups excluding carboxylic acids is 1. The number of nitrogens with zero attached hydrogens (tertiary/aromatic N) is 4. The molecule has 2 atom stereocenters. The van der Waals surface area contributed by atoms with E-state index in [-0.39, 0.29) is 6.42 Å². The van der Waals surface area contributed by atoms with Gasteiger partial charge in [0.25, 0.3) is 0 Å². The molecule has 4 rings (SSSR count). The second kappa shape index (κ2) is 10.0. The molecule has 1 saturated heterocycles. The largest absolute Gasteiger partial charge is 0.497 e. The molecule has 0 amide bonds. The predicted molar refractivity (Wildman–Crippen MR) is 128 cm³/mol. The summed E-state index contributed by atoms with van der Waals surface area (Å²) in [6.07, 6.45) is 2.76. The van der Waals surface area contributed by atoms with E-state index in [0.717, 1.165) is 39.1 Å². The highest BCUT2D eigenvalue weighted by Gasteiger charge is 2.26. The number of allylic oxidation sites excluding steroid dienone is 2. The van der Waals surface area contributed by atoms with Crippen molar-refractivity contribution in [2.45, 2.75) is 38.9 Å². The zero-order valence-electron chi connectivity index (χ0n) is 19.7. The number of tetrazole rings is 1. The van der Waals surface area contributed by atoms with Gasteiger partial charge >= 0.3 is 5.97 Å². The summed E-state index contributed by atoms with van der Waals surface area (Å²) in [7, 11) is 3.41. The Morgan fingerprint density at radius 3 is 2.62 bits per heavy atom. The van der Waals surface area contributed by atoms with Crippen molar-refractivity contribution >= 4 is 17.1 Å². The highest BCUT2D eigenvalue weighted by atomic mass is 16.5. The Kier molecular flexibility index (Phi) is 6.88. The van der Waals surface area contributed by atoms with E-state index < -0.39 is 18.2 Å². The number of aliphatic hydroxyl groups is 1. The minimum atomic E-state index is -0.722. The van der Waals surface area contributed by atoms with Crippen LogP contribution in [-0.2, 0) is 16.6 Å². The number of methoxy groups -OCH3 is 1. The summed E-state index contributed by atoms with van der Waals surface area (Å²) in [4.78, 5) is 11.9. The molecule has 8 heteroatoms. The number of aromatic nitrogens is 4. The summed E-state index contributed by atoms with van der Waals surface area (Å²) in [5.41, 5.74) is 5.90. The molecule has 176 valence electrons. The second-order valence-corrected chi connectivity index (χ2v) is 8.44. The molecule has 0 unspecified atom stereocenters. The molecule has 0 spiro atoms. The number of rotatable bonds is 6. The molecule has 3 aromatic rings. The Balaban J connectivity index is 1.95. The topological polar surface area (TPSA) is 99.4 Å². The molecule has 0 saturated carbocycles. The maximum Gasteiger partial charge on any atom is 0.309 e. The van der Waals surface area contributed by atoms with Crippen molar-refractivity contribution in [3.63, 3.8) is 0 Å². The predicted octanol–water partition coefficient (Wildman–Crippen LogP) is 3.42. The third-order valence-corrected chi connectivity index (χ3v) is 5.84. The van der Waals surface area contributed by atoms with Gasteiger partial charge in [0.2, 0.25) is 0 Å². The molecule has 0 radical (unpaired) electrons. The Bertz CT molecular complexity index is 1240. The molecule has 2 heterocycles. The SMILES string of the molecule is COc1ccc(C(=C(/C=C/[C@@H]2C[C@@H](O)CC(=O)O2)c2nnnn2C)c2cc(C)ccc2C)cc1. The number of cyclic esters (lactones) is 1. The van der Waals surface area contributed by atoms with E-state index in [1.165, 1.54) is 0 Å². The fourth-order valence-corrected chi connectivity index (χ4v) is 4.08. The third-order valence-electron chi connectivity index (χ3n) is 5.84. The first-order valence-corrected chi connectivity index (χ1v) is 11.1. The summed E-state index contributed by atoms with van der Waals surface area (Å²) in [5, 5.41) is 22.2. The van der Waals surface area contributed by atoms with Gasteiger partial charge in [-0.25, -0.2) is 4.68 Å². The Morgan fingerprint density at radius 2 is 1.97 bits per heavy atom. The zero-order valence-corrected chi connectivity index (χ0v) is 19.7. The molecule has 8 nitrogen and oxygen atoms in total. The molecular formula is C26H28N4O4. The molecule has 1 aliphatic heterocycles. The summed E-state index contributed by atoms with van der Waals surface area (Å²) in [5.74, 6) is 0.902. The summed E-state index contributed by atoms with van der Waals surface area (Å²) in [6.45, 7) is 4.12. The van der Waals surface area contributed by atoms with Gasteiger partial charge in [0.15, 0.2) is 5.82 Å². The molecule has 34 heavy (non-hydrogen) atoms. The maximum absolute atomic E-state index is 11.9. The van der Waals surface area contributed by atoms with Crippen LogP contribution >= 0.6 is 0 Å². The van der Waals surface area contributed by atoms with Gasteiger partial charge in [-0.1, -0.05) is 42.0 Å². The number of aryl methyl sites for hydroxylation is 3. The quantitative estimate of drug-likeness (QED) is 0.444. The average Bonchev–Trinajstić information content (AvgIpc) is 3.23. The van der Waals surface area contributed by atoms with Gasteiger partial charge in [-0.2, -0.15) is 0 Å². The van der Waals surface area contributed by atoms with Crippen LogP contribution in [0.2, 0.25) is 0 Å². The number of esters is 1. The van der Waals surface area contributed by atoms with Crippen LogP contribution in [0.3, 0.4) is 0 Å². The molecule has 0 bridgehead atoms. The van der Waals surface area contributed by atoms with Crippen molar-refractivity contribution in [1.82, 2.24) is 20.2 Å². The molecule has 1 aromatic heterocycles. The minimum absolute atomic E-state index is 0.0137. The van der Waals surface area contributed by atoms with Crippen molar-refractivity contribution in [3.8, 4) is 5.75 Å². The third kappa shape index (κ3) is 5.07. The lowest BCUT2D eigenvalue weighted by atomic mass is 9.88. The lowest BCUT2D eigenvalue weighted by molar-refractivity contribution is -0.156. The van der Waals surface area contributed by atoms with Crippen LogP contribution in [0.5, 0.6) is 5.75 Å². The number of benzene rings is 2. The first-order valence-electron chi connectivity index (χ1n) is 11.1. The standard InChI is InChI=1S/C26H28N4O4/c1-16-5-6-17(2)23(13-16)25(18-7-9-20(33-4)10-8-18)22(26-27-28-29-30(26)3)12-11-21-14-19(31)15-24(32)34-21/h5-13,19,21,31H,14-15H2,1-4H3/b12-11+,25-22?/t19-,21-/m1/s1. The Hall–Kier alpha value is -3.78. The van der Waals surface area contributed by atoms with Gasteiger partial charge in [-0.05, 0) is 59.2 Å². The van der Waals surface area contributed by atoms with E-state index in [9.17, 15) is 9.90 Å². The van der Waals surface area contributed by atoms with E-state index in [0.29, 0.717) is 12.2 Å². The Morgan fingerprint density at radius 1 is 1.21 bits per heavy atom. The van der Waals surface area contributed by atoms with Crippen molar-refractivity contribution in [2.75, 3.05) is 7.11 Å². The molecule has 1 N–H and O–H groups in total. The Labute approximate surface area is 198 Å². The van der Waals surface area contributed by atoms with Gasteiger partial charge in [0, 0.05) is 24.6 Å². The number of hydrogen-bond donors (Lipinski definition) is 1. The number of carbonyl (C=O) groups is 1. The summed E-state index contributed by atoms with van der Waals surface area (Å²) < 4.78 is 12.4. The minimum Gasteiger partial charge on any atom is -0.497 e. The fraction of sp³-hybridized carbons (Fsp3) is 0.308. The number of ether oxygens (including phenoxy) is 2. The van der Waals surface area contributed by atoms with Crippen LogP contribution in [0.1, 0.15) is 40.9 Å². The van der Waals surface area contributed by atoms with E-state index >= 15 is 0 Å². The average molecular weight is 461 g/mol. The van der Waals surface area contributed by atoms with Crippen molar-refractivity contribution < 1.29 is 19.4 Å². The van der Waals surface area contributed by atoms with Gasteiger partial charge in [-0.3, -0.25) is 4.79 Å². The summed E-state index contributed by atoms with van der Waals surface area (Å²) >= 11 is 0. The monoisotopic (exact) mass is 460 g/mol. The van der Waals surface area contributed by atoms with Crippen molar-refractivity contribution in [3.05, 3.63) is 82.7 Å². The van der Waals surface area contributed by atoms with Crippen LogP contribution in [-0.4, -0.2) is 50.6 Å². The van der Waals surface area contributed by atoms with Crippen LogP contribution in [0, 0.1) is 13.8 Å². The number of hydrogen-bond acceptors (Lipinski definition) is 7. The first kappa shape index (κ1) is 23.4. The van der Waals surface area contributed by atoms with Gasteiger partial charge in [-0.15, -0.1) is 5.10 Å². The van der Waals surface area contributed by atoms with Crippen molar-refractivity contribution in [1.29, 1.82) is 0 Å². The fourth-order valence-electron chi connectivity index (χ4n) is 4.08. The lowest BCUT2D eigenvalue weighted by Crippen LogP contribution is -2.31. The van der Waals surface area contributed by atoms with Crippen LogP contribution in [0.25, 0.3) is 11.1 Å². The summed E-state index contributed by atoms with van der Waals surface area (Å²) in [6, 6.07) is 14.1. The second-order valence-electron chi connectivity index (χ2n) is 8.44. The zero-order chi connectivity index (χ0) is 24.2. The maximum atomic E-state index is 11.9. The van der Waals surface area contributed by atoms with Crippen LogP contribution in [0.15, 0.2) is 54.6 Å². The molecule has 0 aliphatic carbocycles. The smallest absolute Gasteiger partial charge is 0.309 e. The highest BCUT2D eigenvalue weighted by Crippen LogP contribution is 2.35. The van der Waals surface area contributed by atoms with Crippen LogP contribution < -0.4 is 4.74 Å². The van der Waals surface area contributed by atoms with Crippen molar-refractivity contribution in [2.24, 2.45) is 7.05 Å². The highest BCUT2D eigenvalue weighted by molar-refractivity contribution is 6.01. The lowest BCUT2D eigenvalue weighted by Gasteiger charge is -2.23. The number of aliphatic hydroxyl groups excluding tert-OH is 1. The molecular weight excluding hydrogens is 432 g/mol. The van der Waals surface area contributed by atoms with Gasteiger partial charge < -0.3 is 14.6 Å². The van der Waals surface area contributed by atoms with Gasteiger partial charge in [0.1, 0.15) is 11.9 Å². The van der Waals surface area contributed by atoms with Crippen LogP contribution in [0.4, 0.5) is 0 Å². The van der Waals surface area contributed by atoms with E-state index in [4.69, 9.17) is 9.47 Å². The van der Waals surface area contributed by atoms with Gasteiger partial charge in [0.05, 0.1) is 19.6 Å². The van der Waals surface area contributed by atoms with E-state index in [2.05, 4.69) is 47.6 Å². The molecule has 1 aliphatic rings. The van der Waals surface area contributed by atoms with E-state index in [1.54, 1.807) is 24.9 Å². The van der Waals surface area contributed by atoms with E-state index in [1.807, 2.05) is 30.3 Å². The molecule has 1 fully saturated rings. The first-order chi connectivity index (χ1) is 16.4.